The molecule has 1 aromatic carbocycles. The van der Waals surface area contributed by atoms with Crippen LogP contribution in [0, 0.1) is 6.92 Å². The Morgan fingerprint density at radius 3 is 2.70 bits per heavy atom. The maximum absolute atomic E-state index is 5.50. The van der Waals surface area contributed by atoms with Crippen LogP contribution in [-0.4, -0.2) is 20.2 Å². The third kappa shape index (κ3) is 2.75. The van der Waals surface area contributed by atoms with Crippen LogP contribution in [0.25, 0.3) is 5.69 Å². The predicted octanol–water partition coefficient (Wildman–Crippen LogP) is 1.85. The minimum atomic E-state index is 0.571. The normalized spacial score (nSPS) is 10.8. The van der Waals surface area contributed by atoms with Crippen molar-refractivity contribution < 1.29 is 4.42 Å². The van der Waals surface area contributed by atoms with Gasteiger partial charge in [0.2, 0.25) is 0 Å². The number of aromatic nitrogens is 4. The Balaban J connectivity index is 1.65. The van der Waals surface area contributed by atoms with E-state index in [1.807, 2.05) is 49.4 Å². The minimum Gasteiger partial charge on any atom is -0.465 e. The number of benzene rings is 1. The van der Waals surface area contributed by atoms with Crippen molar-refractivity contribution in [3.05, 3.63) is 59.8 Å². The first-order chi connectivity index (χ1) is 9.83. The molecule has 0 aliphatic rings. The van der Waals surface area contributed by atoms with E-state index in [0.29, 0.717) is 13.1 Å². The minimum absolute atomic E-state index is 0.571. The third-order valence-corrected chi connectivity index (χ3v) is 2.91. The second-order valence-electron chi connectivity index (χ2n) is 4.46. The quantitative estimate of drug-likeness (QED) is 0.765. The first kappa shape index (κ1) is 12.6. The molecule has 0 unspecified atom stereocenters. The lowest BCUT2D eigenvalue weighted by atomic mass is 10.3. The van der Waals surface area contributed by atoms with Crippen LogP contribution in [0.5, 0.6) is 0 Å². The predicted molar refractivity (Wildman–Crippen MR) is 73.1 cm³/mol. The Morgan fingerprint density at radius 2 is 1.95 bits per heavy atom. The summed E-state index contributed by atoms with van der Waals surface area (Å²) < 4.78 is 7.22. The van der Waals surface area contributed by atoms with Gasteiger partial charge in [-0.2, -0.15) is 4.68 Å². The largest absolute Gasteiger partial charge is 0.465 e. The Kier molecular flexibility index (Phi) is 3.56. The van der Waals surface area contributed by atoms with Crippen LogP contribution in [0.15, 0.2) is 46.9 Å². The van der Waals surface area contributed by atoms with Gasteiger partial charge in [0.1, 0.15) is 11.5 Å². The van der Waals surface area contributed by atoms with Gasteiger partial charge in [-0.05, 0) is 41.6 Å². The van der Waals surface area contributed by atoms with Gasteiger partial charge in [0.15, 0.2) is 5.82 Å². The summed E-state index contributed by atoms with van der Waals surface area (Å²) in [7, 11) is 0. The summed E-state index contributed by atoms with van der Waals surface area (Å²) in [5.74, 6) is 2.58. The highest BCUT2D eigenvalue weighted by atomic mass is 16.3. The van der Waals surface area contributed by atoms with E-state index in [-0.39, 0.29) is 0 Å². The van der Waals surface area contributed by atoms with Gasteiger partial charge in [-0.3, -0.25) is 0 Å². The molecule has 6 nitrogen and oxygen atoms in total. The van der Waals surface area contributed by atoms with Crippen LogP contribution in [0.3, 0.4) is 0 Å². The zero-order valence-corrected chi connectivity index (χ0v) is 11.2. The molecule has 3 rings (SSSR count). The number of hydrogen-bond acceptors (Lipinski definition) is 5. The van der Waals surface area contributed by atoms with Crippen LogP contribution >= 0.6 is 0 Å². The third-order valence-electron chi connectivity index (χ3n) is 2.91. The van der Waals surface area contributed by atoms with Crippen molar-refractivity contribution in [1.82, 2.24) is 25.5 Å². The van der Waals surface area contributed by atoms with Crippen molar-refractivity contribution in [2.24, 2.45) is 0 Å². The van der Waals surface area contributed by atoms with Gasteiger partial charge in [0.25, 0.3) is 0 Å². The lowest BCUT2D eigenvalue weighted by Crippen LogP contribution is -2.16. The first-order valence-electron chi connectivity index (χ1n) is 6.41. The molecule has 0 amide bonds. The van der Waals surface area contributed by atoms with Crippen LogP contribution in [0.4, 0.5) is 0 Å². The van der Waals surface area contributed by atoms with Crippen LogP contribution in [-0.2, 0) is 13.1 Å². The smallest absolute Gasteiger partial charge is 0.170 e. The second kappa shape index (κ2) is 5.66. The number of aryl methyl sites for hydroxylation is 1. The number of para-hydroxylation sites is 1. The average Bonchev–Trinajstić information content (AvgIpc) is 3.09. The molecule has 0 saturated heterocycles. The molecule has 102 valence electrons. The van der Waals surface area contributed by atoms with Crippen molar-refractivity contribution in [3.63, 3.8) is 0 Å². The van der Waals surface area contributed by atoms with Gasteiger partial charge < -0.3 is 9.73 Å². The second-order valence-corrected chi connectivity index (χ2v) is 4.46. The fourth-order valence-corrected chi connectivity index (χ4v) is 1.96. The van der Waals surface area contributed by atoms with E-state index in [2.05, 4.69) is 20.8 Å². The summed E-state index contributed by atoms with van der Waals surface area (Å²) in [6, 6.07) is 13.7. The lowest BCUT2D eigenvalue weighted by molar-refractivity contribution is 0.458. The fourth-order valence-electron chi connectivity index (χ4n) is 1.96. The van der Waals surface area contributed by atoms with Crippen molar-refractivity contribution in [2.75, 3.05) is 0 Å². The summed E-state index contributed by atoms with van der Waals surface area (Å²) in [6.45, 7) is 3.15. The average molecular weight is 269 g/mol. The molecule has 2 heterocycles. The summed E-state index contributed by atoms with van der Waals surface area (Å²) in [4.78, 5) is 0. The molecule has 0 fully saturated rings. The molecule has 0 bridgehead atoms. The van der Waals surface area contributed by atoms with Crippen LogP contribution in [0.1, 0.15) is 17.3 Å². The zero-order valence-electron chi connectivity index (χ0n) is 11.2. The van der Waals surface area contributed by atoms with Gasteiger partial charge in [0, 0.05) is 0 Å². The SMILES string of the molecule is Cc1ccc(CNCc2nnnn2-c2ccccc2)o1. The molecule has 1 N–H and O–H groups in total. The van der Waals surface area contributed by atoms with Gasteiger partial charge in [-0.1, -0.05) is 18.2 Å². The highest BCUT2D eigenvalue weighted by molar-refractivity contribution is 5.30. The van der Waals surface area contributed by atoms with E-state index in [1.165, 1.54) is 0 Å². The number of tetrazole rings is 1. The fraction of sp³-hybridized carbons (Fsp3) is 0.214. The van der Waals surface area contributed by atoms with E-state index < -0.39 is 0 Å². The standard InChI is InChI=1S/C14H15N5O/c1-11-7-8-13(20-11)9-15-10-14-16-17-18-19(14)12-5-3-2-4-6-12/h2-8,15H,9-10H2,1H3. The molecule has 0 saturated carbocycles. The Bertz CT molecular complexity index is 674. The van der Waals surface area contributed by atoms with Crippen LogP contribution in [0.2, 0.25) is 0 Å². The van der Waals surface area contributed by atoms with E-state index in [1.54, 1.807) is 4.68 Å². The summed E-state index contributed by atoms with van der Waals surface area (Å²) in [6.07, 6.45) is 0. The highest BCUT2D eigenvalue weighted by Crippen LogP contribution is 2.08. The number of nitrogens with zero attached hydrogens (tertiary/aromatic N) is 4. The molecule has 3 aromatic rings. The summed E-state index contributed by atoms with van der Waals surface area (Å²) >= 11 is 0. The Labute approximate surface area is 116 Å². The van der Waals surface area contributed by atoms with E-state index >= 15 is 0 Å². The van der Waals surface area contributed by atoms with Gasteiger partial charge >= 0.3 is 0 Å². The zero-order chi connectivity index (χ0) is 13.8. The van der Waals surface area contributed by atoms with Crippen molar-refractivity contribution in [2.45, 2.75) is 20.0 Å². The van der Waals surface area contributed by atoms with Gasteiger partial charge in [-0.15, -0.1) is 5.10 Å². The Morgan fingerprint density at radius 1 is 1.10 bits per heavy atom. The maximum Gasteiger partial charge on any atom is 0.170 e. The molecule has 0 spiro atoms. The number of rotatable bonds is 5. The van der Waals surface area contributed by atoms with Crippen molar-refractivity contribution in [1.29, 1.82) is 0 Å². The summed E-state index contributed by atoms with van der Waals surface area (Å²) in [5.41, 5.74) is 0.947. The van der Waals surface area contributed by atoms with E-state index in [9.17, 15) is 0 Å². The molecular weight excluding hydrogens is 254 g/mol. The molecule has 6 heteroatoms. The maximum atomic E-state index is 5.50. The number of furan rings is 1. The van der Waals surface area contributed by atoms with E-state index in [0.717, 1.165) is 23.0 Å². The van der Waals surface area contributed by atoms with Crippen molar-refractivity contribution in [3.8, 4) is 5.69 Å². The highest BCUT2D eigenvalue weighted by Gasteiger charge is 2.07. The lowest BCUT2D eigenvalue weighted by Gasteiger charge is -2.04. The molecule has 0 aliphatic heterocycles. The Hall–Kier alpha value is -2.47. The van der Waals surface area contributed by atoms with Crippen molar-refractivity contribution >= 4 is 0 Å². The van der Waals surface area contributed by atoms with Crippen LogP contribution < -0.4 is 5.32 Å². The molecule has 0 radical (unpaired) electrons. The molecule has 2 aromatic heterocycles. The molecular formula is C14H15N5O. The molecule has 0 aliphatic carbocycles. The number of hydrogen-bond donors (Lipinski definition) is 1. The summed E-state index contributed by atoms with van der Waals surface area (Å²) in [5, 5.41) is 15.0. The first-order valence-corrected chi connectivity index (χ1v) is 6.41. The monoisotopic (exact) mass is 269 g/mol. The van der Waals surface area contributed by atoms with E-state index in [4.69, 9.17) is 4.42 Å². The molecule has 20 heavy (non-hydrogen) atoms. The molecule has 0 atom stereocenters. The van der Waals surface area contributed by atoms with Gasteiger partial charge in [-0.25, -0.2) is 0 Å². The topological polar surface area (TPSA) is 68.8 Å². The van der Waals surface area contributed by atoms with Gasteiger partial charge in [0.05, 0.1) is 18.8 Å². The number of nitrogens with one attached hydrogen (secondary N) is 1.